The summed E-state index contributed by atoms with van der Waals surface area (Å²) in [7, 11) is 3.88. The molecule has 0 unspecified atom stereocenters. The average Bonchev–Trinajstić information content (AvgIpc) is 2.99. The van der Waals surface area contributed by atoms with Gasteiger partial charge in [0.05, 0.1) is 5.52 Å². The number of anilines is 2. The molecule has 3 aromatic rings. The molecule has 7 nitrogen and oxygen atoms in total. The number of aromatic amines is 1. The van der Waals surface area contributed by atoms with Crippen molar-refractivity contribution in [3.05, 3.63) is 58.6 Å². The Morgan fingerprint density at radius 3 is 2.50 bits per heavy atom. The summed E-state index contributed by atoms with van der Waals surface area (Å²) in [6.45, 7) is 0. The van der Waals surface area contributed by atoms with E-state index in [4.69, 9.17) is 4.42 Å². The summed E-state index contributed by atoms with van der Waals surface area (Å²) in [6, 6.07) is 12.2. The van der Waals surface area contributed by atoms with E-state index in [9.17, 15) is 14.4 Å². The number of hydrogen-bond acceptors (Lipinski definition) is 5. The zero-order valence-electron chi connectivity index (χ0n) is 14.5. The number of Topliss-reactive ketones (excluding diaryl/α,β-unsaturated/α-hetero) is 1. The van der Waals surface area contributed by atoms with Crippen LogP contribution in [0.5, 0.6) is 0 Å². The average molecular weight is 353 g/mol. The minimum absolute atomic E-state index is 0.0712. The van der Waals surface area contributed by atoms with Crippen molar-refractivity contribution in [2.45, 2.75) is 12.8 Å². The van der Waals surface area contributed by atoms with Crippen LogP contribution in [0.1, 0.15) is 23.2 Å². The number of aromatic nitrogens is 1. The number of fused-ring (bicyclic) bond motifs is 1. The molecule has 0 aliphatic rings. The van der Waals surface area contributed by atoms with Crippen LogP contribution < -0.4 is 16.0 Å². The molecule has 1 heterocycles. The molecule has 0 aliphatic carbocycles. The van der Waals surface area contributed by atoms with Gasteiger partial charge in [-0.2, -0.15) is 0 Å². The van der Waals surface area contributed by atoms with Crippen molar-refractivity contribution in [2.75, 3.05) is 24.3 Å². The number of nitrogens with one attached hydrogen (secondary N) is 2. The largest absolute Gasteiger partial charge is 0.417 e. The molecule has 0 saturated heterocycles. The van der Waals surface area contributed by atoms with Crippen molar-refractivity contribution in [3.63, 3.8) is 0 Å². The van der Waals surface area contributed by atoms with Gasteiger partial charge in [0.2, 0.25) is 5.91 Å². The molecular weight excluding hydrogens is 334 g/mol. The van der Waals surface area contributed by atoms with Crippen LogP contribution in [0.2, 0.25) is 0 Å². The van der Waals surface area contributed by atoms with Gasteiger partial charge in [-0.3, -0.25) is 14.6 Å². The van der Waals surface area contributed by atoms with Gasteiger partial charge in [-0.05, 0) is 42.5 Å². The first-order chi connectivity index (χ1) is 12.4. The SMILES string of the molecule is CN(C)c1ccc(NC(=O)CCC(=O)c2ccc3[nH]c(=O)oc3c2)cc1. The van der Waals surface area contributed by atoms with Crippen LogP contribution in [0.4, 0.5) is 11.4 Å². The zero-order chi connectivity index (χ0) is 18.7. The van der Waals surface area contributed by atoms with Gasteiger partial charge in [0.1, 0.15) is 0 Å². The molecule has 0 aliphatic heterocycles. The molecule has 0 fully saturated rings. The Balaban J connectivity index is 1.57. The van der Waals surface area contributed by atoms with Crippen molar-refractivity contribution < 1.29 is 14.0 Å². The van der Waals surface area contributed by atoms with Crippen LogP contribution in [0.15, 0.2) is 51.7 Å². The van der Waals surface area contributed by atoms with Crippen LogP contribution in [0.3, 0.4) is 0 Å². The topological polar surface area (TPSA) is 95.4 Å². The fourth-order valence-corrected chi connectivity index (χ4v) is 2.56. The minimum Gasteiger partial charge on any atom is -0.408 e. The van der Waals surface area contributed by atoms with Gasteiger partial charge in [-0.25, -0.2) is 4.79 Å². The monoisotopic (exact) mass is 353 g/mol. The van der Waals surface area contributed by atoms with Crippen LogP contribution in [-0.4, -0.2) is 30.8 Å². The summed E-state index contributed by atoms with van der Waals surface area (Å²) in [6.07, 6.45) is 0.144. The summed E-state index contributed by atoms with van der Waals surface area (Å²) >= 11 is 0. The molecule has 26 heavy (non-hydrogen) atoms. The van der Waals surface area contributed by atoms with Gasteiger partial charge < -0.3 is 14.6 Å². The van der Waals surface area contributed by atoms with Gasteiger partial charge in [-0.15, -0.1) is 0 Å². The first kappa shape index (κ1) is 17.5. The number of carbonyl (C=O) groups is 2. The molecule has 134 valence electrons. The van der Waals surface area contributed by atoms with Crippen molar-refractivity contribution in [1.82, 2.24) is 4.98 Å². The highest BCUT2D eigenvalue weighted by atomic mass is 16.4. The lowest BCUT2D eigenvalue weighted by atomic mass is 10.1. The number of nitrogens with zero attached hydrogens (tertiary/aromatic N) is 1. The number of oxazole rings is 1. The quantitative estimate of drug-likeness (QED) is 0.665. The maximum atomic E-state index is 12.3. The molecule has 1 aromatic heterocycles. The van der Waals surface area contributed by atoms with Gasteiger partial charge >= 0.3 is 5.76 Å². The third-order valence-electron chi connectivity index (χ3n) is 3.99. The highest BCUT2D eigenvalue weighted by molar-refractivity contribution is 6.01. The van der Waals surface area contributed by atoms with E-state index in [-0.39, 0.29) is 24.5 Å². The van der Waals surface area contributed by atoms with E-state index < -0.39 is 5.76 Å². The number of H-pyrrole nitrogens is 1. The van der Waals surface area contributed by atoms with Gasteiger partial charge in [0.15, 0.2) is 11.4 Å². The Morgan fingerprint density at radius 1 is 1.08 bits per heavy atom. The number of ketones is 1. The molecule has 2 N–H and O–H groups in total. The summed E-state index contributed by atoms with van der Waals surface area (Å²) in [4.78, 5) is 39.9. The van der Waals surface area contributed by atoms with Crippen LogP contribution >= 0.6 is 0 Å². The Morgan fingerprint density at radius 2 is 1.81 bits per heavy atom. The van der Waals surface area contributed by atoms with E-state index in [1.54, 1.807) is 12.1 Å². The van der Waals surface area contributed by atoms with E-state index >= 15 is 0 Å². The van der Waals surface area contributed by atoms with Crippen LogP contribution in [-0.2, 0) is 4.79 Å². The highest BCUT2D eigenvalue weighted by Gasteiger charge is 2.12. The molecule has 1 amide bonds. The summed E-state index contributed by atoms with van der Waals surface area (Å²) in [5, 5.41) is 2.77. The molecule has 2 aromatic carbocycles. The Kier molecular flexibility index (Phi) is 4.88. The smallest absolute Gasteiger partial charge is 0.408 e. The molecule has 0 spiro atoms. The van der Waals surface area contributed by atoms with E-state index in [1.165, 1.54) is 6.07 Å². The number of amides is 1. The minimum atomic E-state index is -0.565. The summed E-state index contributed by atoms with van der Waals surface area (Å²) in [5.41, 5.74) is 2.98. The maximum Gasteiger partial charge on any atom is 0.417 e. The predicted octanol–water partition coefficient (Wildman–Crippen LogP) is 2.79. The number of benzene rings is 2. The van der Waals surface area contributed by atoms with Crippen LogP contribution in [0, 0.1) is 0 Å². The second-order valence-corrected chi connectivity index (χ2v) is 6.14. The highest BCUT2D eigenvalue weighted by Crippen LogP contribution is 2.17. The second-order valence-electron chi connectivity index (χ2n) is 6.14. The lowest BCUT2D eigenvalue weighted by Crippen LogP contribution is -2.14. The van der Waals surface area contributed by atoms with E-state index in [0.717, 1.165) is 5.69 Å². The van der Waals surface area contributed by atoms with E-state index in [0.29, 0.717) is 22.4 Å². The first-order valence-corrected chi connectivity index (χ1v) is 8.16. The van der Waals surface area contributed by atoms with Crippen molar-refractivity contribution in [2.24, 2.45) is 0 Å². The number of rotatable bonds is 6. The van der Waals surface area contributed by atoms with Crippen molar-refractivity contribution >= 4 is 34.2 Å². The van der Waals surface area contributed by atoms with Gasteiger partial charge in [-0.1, -0.05) is 0 Å². The molecule has 0 radical (unpaired) electrons. The third kappa shape index (κ3) is 4.00. The molecule has 7 heteroatoms. The van der Waals surface area contributed by atoms with Crippen LogP contribution in [0.25, 0.3) is 11.1 Å². The molecule has 0 saturated carbocycles. The third-order valence-corrected chi connectivity index (χ3v) is 3.99. The first-order valence-electron chi connectivity index (χ1n) is 8.16. The second kappa shape index (κ2) is 7.26. The fraction of sp³-hybridized carbons (Fsp3) is 0.211. The normalized spacial score (nSPS) is 10.7. The van der Waals surface area contributed by atoms with Gasteiger partial charge in [0, 0.05) is 43.9 Å². The Bertz CT molecular complexity index is 1000. The number of hydrogen-bond donors (Lipinski definition) is 2. The molecular formula is C19H19N3O4. The Hall–Kier alpha value is -3.35. The molecule has 0 bridgehead atoms. The maximum absolute atomic E-state index is 12.3. The lowest BCUT2D eigenvalue weighted by Gasteiger charge is -2.13. The van der Waals surface area contributed by atoms with E-state index in [1.807, 2.05) is 43.3 Å². The van der Waals surface area contributed by atoms with Gasteiger partial charge in [0.25, 0.3) is 0 Å². The Labute approximate surface area is 149 Å². The number of carbonyl (C=O) groups excluding carboxylic acids is 2. The van der Waals surface area contributed by atoms with Crippen molar-refractivity contribution in [1.29, 1.82) is 0 Å². The molecule has 3 rings (SSSR count). The lowest BCUT2D eigenvalue weighted by molar-refractivity contribution is -0.116. The standard InChI is InChI=1S/C19H19N3O4/c1-22(2)14-6-4-13(5-7-14)20-18(24)10-9-16(23)12-3-8-15-17(11-12)26-19(25)21-15/h3-8,11H,9-10H2,1-2H3,(H,20,24)(H,21,25). The summed E-state index contributed by atoms with van der Waals surface area (Å²) in [5.74, 6) is -0.983. The van der Waals surface area contributed by atoms with E-state index in [2.05, 4.69) is 10.3 Å². The fourth-order valence-electron chi connectivity index (χ4n) is 2.56. The van der Waals surface area contributed by atoms with Crippen molar-refractivity contribution in [3.8, 4) is 0 Å². The predicted molar refractivity (Wildman–Crippen MR) is 99.8 cm³/mol. The zero-order valence-corrected chi connectivity index (χ0v) is 14.5. The summed E-state index contributed by atoms with van der Waals surface area (Å²) < 4.78 is 4.94. The molecule has 0 atom stereocenters.